The number of nitrogens with zero attached hydrogens (tertiary/aromatic N) is 3. The molecule has 1 aliphatic carbocycles. The van der Waals surface area contributed by atoms with Gasteiger partial charge in [-0.05, 0) is 52.5 Å². The van der Waals surface area contributed by atoms with Crippen LogP contribution in [0.2, 0.25) is 0 Å². The Hall–Kier alpha value is -2.38. The third-order valence-corrected chi connectivity index (χ3v) is 4.01. The molecule has 3 amide bonds. The van der Waals surface area contributed by atoms with E-state index >= 15 is 0 Å². The third-order valence-electron chi connectivity index (χ3n) is 4.01. The summed E-state index contributed by atoms with van der Waals surface area (Å²) in [5, 5.41) is 5.57. The first-order chi connectivity index (χ1) is 11.8. The maximum Gasteiger partial charge on any atom is 0.410 e. The number of hydrogen-bond acceptors (Lipinski definition) is 5. The fourth-order valence-corrected chi connectivity index (χ4v) is 2.74. The van der Waals surface area contributed by atoms with Gasteiger partial charge in [0, 0.05) is 18.8 Å². The molecule has 136 valence electrons. The van der Waals surface area contributed by atoms with Gasteiger partial charge in [0.05, 0.1) is 6.04 Å². The van der Waals surface area contributed by atoms with Crippen LogP contribution >= 0.6 is 0 Å². The lowest BCUT2D eigenvalue weighted by Crippen LogP contribution is -2.37. The molecule has 1 saturated carbocycles. The van der Waals surface area contributed by atoms with E-state index in [1.165, 1.54) is 0 Å². The van der Waals surface area contributed by atoms with E-state index in [9.17, 15) is 9.59 Å². The van der Waals surface area contributed by atoms with Crippen molar-refractivity contribution in [3.8, 4) is 0 Å². The molecule has 0 bridgehead atoms. The first-order valence-electron chi connectivity index (χ1n) is 8.72. The summed E-state index contributed by atoms with van der Waals surface area (Å²) >= 11 is 0. The molecule has 1 unspecified atom stereocenters. The number of nitrogens with one attached hydrogen (secondary N) is 2. The topological polar surface area (TPSA) is 96.5 Å². The first kappa shape index (κ1) is 17.4. The zero-order valence-corrected chi connectivity index (χ0v) is 14.9. The number of carbonyl (C=O) groups is 2. The molecule has 2 N–H and O–H groups in total. The fourth-order valence-electron chi connectivity index (χ4n) is 2.74. The summed E-state index contributed by atoms with van der Waals surface area (Å²) in [6.45, 7) is 6.14. The largest absolute Gasteiger partial charge is 0.444 e. The van der Waals surface area contributed by atoms with Gasteiger partial charge < -0.3 is 10.1 Å². The lowest BCUT2D eigenvalue weighted by Gasteiger charge is -2.28. The molecule has 1 aromatic heterocycles. The maximum atomic E-state index is 12.4. The minimum atomic E-state index is -0.546. The van der Waals surface area contributed by atoms with Gasteiger partial charge in [-0.1, -0.05) is 0 Å². The average molecular weight is 347 g/mol. The predicted molar refractivity (Wildman–Crippen MR) is 92.1 cm³/mol. The first-order valence-corrected chi connectivity index (χ1v) is 8.72. The highest BCUT2D eigenvalue weighted by Crippen LogP contribution is 2.31. The van der Waals surface area contributed by atoms with Crippen LogP contribution in [0.25, 0.3) is 0 Å². The average Bonchev–Trinajstić information content (AvgIpc) is 3.17. The Labute approximate surface area is 147 Å². The molecule has 0 radical (unpaired) electrons. The number of likely N-dealkylation sites (tertiary alicyclic amines) is 1. The summed E-state index contributed by atoms with van der Waals surface area (Å²) in [5.41, 5.74) is -0.546. The highest BCUT2D eigenvalue weighted by Gasteiger charge is 2.35. The van der Waals surface area contributed by atoms with Gasteiger partial charge in [-0.3, -0.25) is 10.2 Å². The highest BCUT2D eigenvalue weighted by atomic mass is 16.6. The Balaban J connectivity index is 1.68. The van der Waals surface area contributed by atoms with Crippen molar-refractivity contribution in [2.45, 2.75) is 64.1 Å². The minimum Gasteiger partial charge on any atom is -0.444 e. The van der Waals surface area contributed by atoms with Crippen LogP contribution in [-0.4, -0.2) is 45.2 Å². The molecule has 1 aliphatic heterocycles. The molecule has 8 nitrogen and oxygen atoms in total. The number of urea groups is 1. The van der Waals surface area contributed by atoms with E-state index < -0.39 is 5.60 Å². The number of carbonyl (C=O) groups excluding carboxylic acids is 2. The second-order valence-electron chi connectivity index (χ2n) is 7.50. The van der Waals surface area contributed by atoms with Gasteiger partial charge in [-0.25, -0.2) is 19.6 Å². The highest BCUT2D eigenvalue weighted by molar-refractivity contribution is 5.88. The third kappa shape index (κ3) is 4.80. The number of anilines is 1. The van der Waals surface area contributed by atoms with Crippen molar-refractivity contribution in [1.82, 2.24) is 20.2 Å². The zero-order valence-electron chi connectivity index (χ0n) is 14.9. The van der Waals surface area contributed by atoms with E-state index in [-0.39, 0.29) is 24.2 Å². The Morgan fingerprint density at radius 3 is 2.72 bits per heavy atom. The van der Waals surface area contributed by atoms with Crippen molar-refractivity contribution in [3.63, 3.8) is 0 Å². The number of amides is 3. The van der Waals surface area contributed by atoms with Crippen molar-refractivity contribution in [2.75, 3.05) is 11.9 Å². The summed E-state index contributed by atoms with van der Waals surface area (Å²) in [6.07, 6.45) is 4.93. The van der Waals surface area contributed by atoms with Gasteiger partial charge in [-0.15, -0.1) is 0 Å². The van der Waals surface area contributed by atoms with Crippen LogP contribution in [0, 0.1) is 0 Å². The number of hydrogen-bond donors (Lipinski definition) is 2. The standard InChI is InChI=1S/C17H25N5O3/c1-17(2,3)25-16(24)22-10-4-5-12(22)14-18-9-8-13(20-14)21-15(23)19-11-6-7-11/h8-9,11-12H,4-7,10H2,1-3H3,(H2,18,19,20,21,23). The smallest absolute Gasteiger partial charge is 0.410 e. The maximum absolute atomic E-state index is 12.4. The van der Waals surface area contributed by atoms with Crippen molar-refractivity contribution < 1.29 is 14.3 Å². The van der Waals surface area contributed by atoms with Crippen molar-refractivity contribution in [3.05, 3.63) is 18.1 Å². The molecule has 0 aromatic carbocycles. The van der Waals surface area contributed by atoms with Crippen LogP contribution < -0.4 is 10.6 Å². The molecule has 3 rings (SSSR count). The molecule has 1 aromatic rings. The van der Waals surface area contributed by atoms with Gasteiger partial charge in [0.2, 0.25) is 0 Å². The quantitative estimate of drug-likeness (QED) is 0.876. The Morgan fingerprint density at radius 1 is 1.28 bits per heavy atom. The van der Waals surface area contributed by atoms with E-state index in [0.717, 1.165) is 25.7 Å². The fraction of sp³-hybridized carbons (Fsp3) is 0.647. The van der Waals surface area contributed by atoms with E-state index in [0.29, 0.717) is 18.2 Å². The normalized spacial score (nSPS) is 20.3. The SMILES string of the molecule is CC(C)(C)OC(=O)N1CCCC1c1nccc(NC(=O)NC2CC2)n1. The summed E-state index contributed by atoms with van der Waals surface area (Å²) in [5.74, 6) is 0.951. The van der Waals surface area contributed by atoms with E-state index in [1.54, 1.807) is 17.2 Å². The molecule has 2 aliphatic rings. The van der Waals surface area contributed by atoms with Crippen LogP contribution in [0.3, 0.4) is 0 Å². The van der Waals surface area contributed by atoms with Crippen molar-refractivity contribution >= 4 is 17.9 Å². The minimum absolute atomic E-state index is 0.233. The number of rotatable bonds is 3. The number of ether oxygens (including phenoxy) is 1. The summed E-state index contributed by atoms with van der Waals surface area (Å²) < 4.78 is 5.47. The van der Waals surface area contributed by atoms with Crippen LogP contribution in [-0.2, 0) is 4.74 Å². The molecule has 2 fully saturated rings. The van der Waals surface area contributed by atoms with Gasteiger partial charge in [-0.2, -0.15) is 0 Å². The molecular formula is C17H25N5O3. The lowest BCUT2D eigenvalue weighted by atomic mass is 10.2. The van der Waals surface area contributed by atoms with Crippen LogP contribution in [0.1, 0.15) is 58.3 Å². The monoisotopic (exact) mass is 347 g/mol. The lowest BCUT2D eigenvalue weighted by molar-refractivity contribution is 0.0218. The Bertz CT molecular complexity index is 654. The van der Waals surface area contributed by atoms with E-state index in [2.05, 4.69) is 20.6 Å². The molecule has 25 heavy (non-hydrogen) atoms. The zero-order chi connectivity index (χ0) is 18.0. The van der Waals surface area contributed by atoms with Gasteiger partial charge in [0.15, 0.2) is 5.82 Å². The van der Waals surface area contributed by atoms with E-state index in [1.807, 2.05) is 20.8 Å². The molecule has 1 atom stereocenters. The number of aromatic nitrogens is 2. The predicted octanol–water partition coefficient (Wildman–Crippen LogP) is 2.83. The molecular weight excluding hydrogens is 322 g/mol. The van der Waals surface area contributed by atoms with Gasteiger partial charge >= 0.3 is 12.1 Å². The second kappa shape index (κ2) is 6.85. The van der Waals surface area contributed by atoms with E-state index in [4.69, 9.17) is 4.74 Å². The van der Waals surface area contributed by atoms with Crippen LogP contribution in [0.5, 0.6) is 0 Å². The summed E-state index contributed by atoms with van der Waals surface area (Å²) in [7, 11) is 0. The molecule has 2 heterocycles. The summed E-state index contributed by atoms with van der Waals surface area (Å²) in [4.78, 5) is 34.6. The van der Waals surface area contributed by atoms with Crippen LogP contribution in [0.15, 0.2) is 12.3 Å². The van der Waals surface area contributed by atoms with Crippen LogP contribution in [0.4, 0.5) is 15.4 Å². The molecule has 0 spiro atoms. The Morgan fingerprint density at radius 2 is 2.04 bits per heavy atom. The van der Waals surface area contributed by atoms with Gasteiger partial charge in [0.1, 0.15) is 11.4 Å². The van der Waals surface area contributed by atoms with Crippen molar-refractivity contribution in [1.29, 1.82) is 0 Å². The second-order valence-corrected chi connectivity index (χ2v) is 7.50. The molecule has 1 saturated heterocycles. The summed E-state index contributed by atoms with van der Waals surface area (Å²) in [6, 6.07) is 1.42. The molecule has 8 heteroatoms. The van der Waals surface area contributed by atoms with Crippen molar-refractivity contribution in [2.24, 2.45) is 0 Å². The Kier molecular flexibility index (Phi) is 4.78. The van der Waals surface area contributed by atoms with Gasteiger partial charge in [0.25, 0.3) is 0 Å².